The first kappa shape index (κ1) is 26.5. The summed E-state index contributed by atoms with van der Waals surface area (Å²) in [5.74, 6) is -4.98. The number of ether oxygens (including phenoxy) is 3. The molecule has 2 bridgehead atoms. The third-order valence-electron chi connectivity index (χ3n) is 9.58. The van der Waals surface area contributed by atoms with Crippen molar-refractivity contribution in [3.8, 4) is 0 Å². The number of halogens is 3. The van der Waals surface area contributed by atoms with Crippen LogP contribution < -0.4 is 0 Å². The summed E-state index contributed by atoms with van der Waals surface area (Å²) in [6, 6.07) is 0. The minimum atomic E-state index is -6.12. The van der Waals surface area contributed by atoms with Gasteiger partial charge in [-0.2, -0.15) is 21.6 Å². The van der Waals surface area contributed by atoms with E-state index in [0.29, 0.717) is 12.0 Å². The molecule has 1 saturated heterocycles. The van der Waals surface area contributed by atoms with E-state index in [2.05, 4.69) is 0 Å². The fourth-order valence-electron chi connectivity index (χ4n) is 8.07. The molecule has 10 atom stereocenters. The van der Waals surface area contributed by atoms with Gasteiger partial charge in [0.25, 0.3) is 0 Å². The Labute approximate surface area is 212 Å². The zero-order chi connectivity index (χ0) is 27.7. The summed E-state index contributed by atoms with van der Waals surface area (Å²) >= 11 is 0. The van der Waals surface area contributed by atoms with Crippen molar-refractivity contribution in [2.24, 2.45) is 40.4 Å². The van der Waals surface area contributed by atoms with Crippen molar-refractivity contribution >= 4 is 28.0 Å². The van der Waals surface area contributed by atoms with Crippen LogP contribution in [0, 0.1) is 40.4 Å². The maximum Gasteiger partial charge on any atom is 0.523 e. The summed E-state index contributed by atoms with van der Waals surface area (Å²) in [5, 5.41) is 0. The number of rotatable bonds is 3. The van der Waals surface area contributed by atoms with Crippen LogP contribution in [0.2, 0.25) is 0 Å². The fourth-order valence-corrected chi connectivity index (χ4v) is 8.77. The van der Waals surface area contributed by atoms with E-state index in [0.717, 1.165) is 6.92 Å². The smallest absolute Gasteiger partial charge is 0.454 e. The second kappa shape index (κ2) is 7.49. The molecule has 4 fully saturated rings. The third kappa shape index (κ3) is 3.12. The van der Waals surface area contributed by atoms with Gasteiger partial charge in [0.05, 0.1) is 17.4 Å². The first-order chi connectivity index (χ1) is 16.8. The van der Waals surface area contributed by atoms with Crippen molar-refractivity contribution in [1.29, 1.82) is 0 Å². The molecule has 2 spiro atoms. The monoisotopic (exact) mass is 550 g/mol. The van der Waals surface area contributed by atoms with E-state index in [1.165, 1.54) is 6.92 Å². The maximum atomic E-state index is 14.7. The molecule has 5 rings (SSSR count). The van der Waals surface area contributed by atoms with E-state index in [9.17, 15) is 36.0 Å². The minimum absolute atomic E-state index is 0.129. The standard InChI is InChI=1S/C24H29F3O9S/c1-9-8-22-10(2)7-13-15(21(13,5)6)14(17(22)29)16(36-37(31,32)24(25,26)27)11(3)19-23(22,35-20(30)34-19)18(9)33-12(4)28/h8,10-11,13-16,18-19H,7H2,1-6H3/t10-,11+,13?,14-,15?,16-,18?,19?,22+,23?/m1/s1. The van der Waals surface area contributed by atoms with Crippen LogP contribution in [0.1, 0.15) is 48.0 Å². The molecule has 5 unspecified atom stereocenters. The zero-order valence-corrected chi connectivity index (χ0v) is 21.9. The Morgan fingerprint density at radius 3 is 2.38 bits per heavy atom. The van der Waals surface area contributed by atoms with Gasteiger partial charge in [-0.1, -0.05) is 33.8 Å². The van der Waals surface area contributed by atoms with Crippen molar-refractivity contribution in [2.45, 2.75) is 77.4 Å². The lowest BCUT2D eigenvalue weighted by atomic mass is 9.59. The molecule has 4 aliphatic carbocycles. The van der Waals surface area contributed by atoms with Gasteiger partial charge in [-0.15, -0.1) is 0 Å². The Kier molecular flexibility index (Phi) is 5.35. The SMILES string of the molecule is CC(=O)OC1C(C)=C[C@@]23C(=O)[C@H](C4C(C[C@H]2C)C4(C)C)[C@H](OS(=O)(=O)C(F)(F)F)[C@H](C)C2OC(=O)OC123. The van der Waals surface area contributed by atoms with Gasteiger partial charge in [0.2, 0.25) is 5.60 Å². The lowest BCUT2D eigenvalue weighted by Gasteiger charge is -2.47. The van der Waals surface area contributed by atoms with E-state index < -0.39 is 91.9 Å². The molecule has 13 heteroatoms. The van der Waals surface area contributed by atoms with Gasteiger partial charge in [0.15, 0.2) is 18.0 Å². The number of esters is 1. The number of carbonyl (C=O) groups is 3. The molecule has 3 saturated carbocycles. The molecule has 37 heavy (non-hydrogen) atoms. The molecule has 0 amide bonds. The molecule has 9 nitrogen and oxygen atoms in total. The maximum absolute atomic E-state index is 14.7. The predicted octanol–water partition coefficient (Wildman–Crippen LogP) is 3.52. The van der Waals surface area contributed by atoms with Crippen LogP contribution in [-0.4, -0.2) is 55.7 Å². The lowest BCUT2D eigenvalue weighted by Crippen LogP contribution is -2.65. The Hall–Kier alpha value is -2.15. The first-order valence-corrected chi connectivity index (χ1v) is 13.6. The Morgan fingerprint density at radius 2 is 1.81 bits per heavy atom. The van der Waals surface area contributed by atoms with Crippen LogP contribution in [0.4, 0.5) is 18.0 Å². The first-order valence-electron chi connectivity index (χ1n) is 12.1. The normalized spacial score (nSPS) is 45.8. The molecule has 206 valence electrons. The molecular formula is C24H29F3O9S. The number of carbonyl (C=O) groups excluding carboxylic acids is 3. The highest BCUT2D eigenvalue weighted by Crippen LogP contribution is 2.74. The number of ketones is 1. The summed E-state index contributed by atoms with van der Waals surface area (Å²) in [6.45, 7) is 9.69. The molecule has 0 N–H and O–H groups in total. The Morgan fingerprint density at radius 1 is 1.19 bits per heavy atom. The van der Waals surface area contributed by atoms with Crippen LogP contribution in [0.5, 0.6) is 0 Å². The van der Waals surface area contributed by atoms with Crippen LogP contribution in [-0.2, 0) is 38.1 Å². The second-order valence-corrected chi connectivity index (χ2v) is 13.3. The summed E-state index contributed by atoms with van der Waals surface area (Å²) in [6.07, 6.45) is -3.68. The van der Waals surface area contributed by atoms with E-state index in [4.69, 9.17) is 18.4 Å². The Bertz CT molecular complexity index is 1220. The lowest BCUT2D eigenvalue weighted by molar-refractivity contribution is -0.181. The average molecular weight is 551 g/mol. The molecule has 0 radical (unpaired) electrons. The highest BCUT2D eigenvalue weighted by atomic mass is 32.2. The van der Waals surface area contributed by atoms with Crippen molar-refractivity contribution in [2.75, 3.05) is 0 Å². The number of fused-ring (bicyclic) bond motifs is 3. The van der Waals surface area contributed by atoms with Crippen molar-refractivity contribution in [3.63, 3.8) is 0 Å². The van der Waals surface area contributed by atoms with E-state index in [1.54, 1.807) is 19.9 Å². The molecule has 1 aliphatic heterocycles. The molecule has 5 aliphatic rings. The van der Waals surface area contributed by atoms with Gasteiger partial charge >= 0.3 is 27.8 Å². The quantitative estimate of drug-likeness (QED) is 0.225. The van der Waals surface area contributed by atoms with Gasteiger partial charge in [-0.05, 0) is 42.1 Å². The van der Waals surface area contributed by atoms with Gasteiger partial charge in [-0.3, -0.25) is 13.8 Å². The van der Waals surface area contributed by atoms with Gasteiger partial charge < -0.3 is 14.2 Å². The zero-order valence-electron chi connectivity index (χ0n) is 21.1. The summed E-state index contributed by atoms with van der Waals surface area (Å²) in [4.78, 5) is 39.5. The van der Waals surface area contributed by atoms with E-state index in [-0.39, 0.29) is 5.92 Å². The van der Waals surface area contributed by atoms with Crippen LogP contribution in [0.3, 0.4) is 0 Å². The van der Waals surface area contributed by atoms with Crippen molar-refractivity contribution in [3.05, 3.63) is 11.6 Å². The van der Waals surface area contributed by atoms with Gasteiger partial charge in [-0.25, -0.2) is 4.79 Å². The van der Waals surface area contributed by atoms with E-state index in [1.807, 2.05) is 13.8 Å². The molecule has 0 aromatic heterocycles. The van der Waals surface area contributed by atoms with Crippen LogP contribution >= 0.6 is 0 Å². The van der Waals surface area contributed by atoms with E-state index >= 15 is 0 Å². The van der Waals surface area contributed by atoms with Crippen molar-refractivity contribution < 1.29 is 54.4 Å². The summed E-state index contributed by atoms with van der Waals surface area (Å²) in [5.41, 5.74) is -9.35. The molecule has 0 aromatic rings. The average Bonchev–Trinajstić information content (AvgIpc) is 3.03. The summed E-state index contributed by atoms with van der Waals surface area (Å²) < 4.78 is 86.7. The van der Waals surface area contributed by atoms with Crippen molar-refractivity contribution in [1.82, 2.24) is 0 Å². The van der Waals surface area contributed by atoms with Crippen LogP contribution in [0.15, 0.2) is 11.6 Å². The molecule has 1 heterocycles. The topological polar surface area (TPSA) is 122 Å². The van der Waals surface area contributed by atoms with Gasteiger partial charge in [0.1, 0.15) is 0 Å². The second-order valence-electron chi connectivity index (χ2n) is 11.7. The number of hydrogen-bond donors (Lipinski definition) is 0. The van der Waals surface area contributed by atoms with Crippen LogP contribution in [0.25, 0.3) is 0 Å². The van der Waals surface area contributed by atoms with Gasteiger partial charge in [0, 0.05) is 12.8 Å². The number of alkyl halides is 3. The number of Topliss-reactive ketones (excluding diaryl/α,β-unsaturated/α-hetero) is 1. The highest BCUT2D eigenvalue weighted by Gasteiger charge is 2.83. The minimum Gasteiger partial charge on any atom is -0.454 e. The summed E-state index contributed by atoms with van der Waals surface area (Å²) in [7, 11) is -6.12. The fraction of sp³-hybridized carbons (Fsp3) is 0.792. The third-order valence-corrected chi connectivity index (χ3v) is 10.6. The predicted molar refractivity (Wildman–Crippen MR) is 118 cm³/mol. The molecule has 0 aromatic carbocycles. The largest absolute Gasteiger partial charge is 0.523 e. The Balaban J connectivity index is 1.79. The number of hydrogen-bond acceptors (Lipinski definition) is 9. The highest BCUT2D eigenvalue weighted by molar-refractivity contribution is 7.87. The molecular weight excluding hydrogens is 521 g/mol.